The molecule has 0 unspecified atom stereocenters. The second-order valence-corrected chi connectivity index (χ2v) is 9.77. The molecule has 1 aromatic heterocycles. The molecule has 0 saturated heterocycles. The summed E-state index contributed by atoms with van der Waals surface area (Å²) in [6.45, 7) is 1.42. The van der Waals surface area contributed by atoms with E-state index in [1.807, 2.05) is 0 Å². The molecule has 1 amide bonds. The molecule has 1 aliphatic heterocycles. The molecule has 230 valence electrons. The van der Waals surface area contributed by atoms with Crippen molar-refractivity contribution in [2.45, 2.75) is 31.7 Å². The summed E-state index contributed by atoms with van der Waals surface area (Å²) < 4.78 is 13.9. The first-order chi connectivity index (χ1) is 19.8. The number of nitrogens with one attached hydrogen (secondary N) is 4. The number of carboxylic acids is 1. The maximum atomic E-state index is 12.5. The molecule has 1 atom stereocenters. The Morgan fingerprint density at radius 1 is 1.14 bits per heavy atom. The molecule has 12 N–H and O–H groups in total. The number of aliphatic carboxylic acids is 1. The minimum atomic E-state index is -4.64. The van der Waals surface area contributed by atoms with Gasteiger partial charge in [-0.2, -0.15) is 4.98 Å². The van der Waals surface area contributed by atoms with E-state index in [0.717, 1.165) is 6.42 Å². The predicted octanol–water partition coefficient (Wildman–Crippen LogP) is -0.721. The quantitative estimate of drug-likeness (QED) is 0.0758. The number of amides is 1. The SMILES string of the molecule is NCCCCOC(=O)CC[C@H](NC(=O)c1ccc(NCC2=Nc3c(nc(N)[nH]c3=O)NC2)cc1)C(=O)O.O=P(O)(O)O. The van der Waals surface area contributed by atoms with E-state index in [1.165, 1.54) is 12.1 Å². The molecule has 2 heterocycles. The summed E-state index contributed by atoms with van der Waals surface area (Å²) in [5, 5.41) is 18.0. The topological polar surface area (TPSA) is 305 Å². The third-order valence-electron chi connectivity index (χ3n) is 5.39. The Hall–Kier alpha value is -4.35. The Balaban J connectivity index is 0.00000113. The molecule has 0 spiro atoms. The predicted molar refractivity (Wildman–Crippen MR) is 151 cm³/mol. The molecule has 1 aromatic carbocycles. The minimum absolute atomic E-state index is 0.00314. The second kappa shape index (κ2) is 16.2. The number of anilines is 3. The van der Waals surface area contributed by atoms with Gasteiger partial charge in [-0.15, -0.1) is 0 Å². The third-order valence-corrected chi connectivity index (χ3v) is 5.39. The molecule has 0 bridgehead atoms. The van der Waals surface area contributed by atoms with Crippen LogP contribution in [0.4, 0.5) is 23.1 Å². The molecule has 0 radical (unpaired) electrons. The number of hydrogen-bond acceptors (Lipinski definition) is 12. The number of benzene rings is 1. The number of nitrogen functional groups attached to an aromatic ring is 1. The normalized spacial score (nSPS) is 12.8. The number of ether oxygens (including phenoxy) is 1. The van der Waals surface area contributed by atoms with E-state index in [0.29, 0.717) is 43.3 Å². The zero-order valence-corrected chi connectivity index (χ0v) is 23.2. The average molecular weight is 613 g/mol. The highest BCUT2D eigenvalue weighted by atomic mass is 31.2. The van der Waals surface area contributed by atoms with Crippen LogP contribution in [0.15, 0.2) is 34.1 Å². The molecule has 18 nitrogen and oxygen atoms in total. The van der Waals surface area contributed by atoms with Gasteiger partial charge < -0.3 is 51.9 Å². The van der Waals surface area contributed by atoms with E-state index in [2.05, 4.69) is 30.9 Å². The Labute approximate surface area is 238 Å². The van der Waals surface area contributed by atoms with Crippen molar-refractivity contribution in [2.75, 3.05) is 42.6 Å². The molecule has 0 saturated carbocycles. The van der Waals surface area contributed by atoms with Crippen molar-refractivity contribution in [3.8, 4) is 0 Å². The van der Waals surface area contributed by atoms with Crippen LogP contribution < -0.4 is 33.0 Å². The average Bonchev–Trinajstić information content (AvgIpc) is 2.91. The first-order valence-corrected chi connectivity index (χ1v) is 14.0. The fraction of sp³-hybridized carbons (Fsp3) is 0.391. The molecule has 19 heteroatoms. The monoisotopic (exact) mass is 612 g/mol. The first-order valence-electron chi connectivity index (χ1n) is 12.5. The standard InChI is InChI=1S/C23H30N8O6.H3O4P/c24-9-1-2-10-37-17(32)8-7-16(22(35)36)29-20(33)13-3-5-14(6-4-13)26-11-15-12-27-19-18(28-15)21(34)31-23(25)30-19;1-5(2,3)4/h3-6,16,26H,1-2,7-12,24H2,(H,29,33)(H,35,36)(H4,25,27,30,31,34);(H3,1,2,3,4)/t16-;/m0./s1. The summed E-state index contributed by atoms with van der Waals surface area (Å²) >= 11 is 0. The smallest absolute Gasteiger partial charge is 0.466 e. The Morgan fingerprint density at radius 3 is 2.43 bits per heavy atom. The Morgan fingerprint density at radius 2 is 1.81 bits per heavy atom. The van der Waals surface area contributed by atoms with Gasteiger partial charge in [-0.3, -0.25) is 19.4 Å². The van der Waals surface area contributed by atoms with Gasteiger partial charge in [-0.05, 0) is 50.1 Å². The van der Waals surface area contributed by atoms with Gasteiger partial charge in [0, 0.05) is 17.7 Å². The third kappa shape index (κ3) is 12.4. The number of phosphoric acid groups is 1. The van der Waals surface area contributed by atoms with Gasteiger partial charge in [-0.1, -0.05) is 0 Å². The molecule has 0 aliphatic carbocycles. The van der Waals surface area contributed by atoms with E-state index >= 15 is 0 Å². The maximum Gasteiger partial charge on any atom is 0.466 e. The second-order valence-electron chi connectivity index (χ2n) is 8.74. The highest BCUT2D eigenvalue weighted by Crippen LogP contribution is 2.26. The number of carbonyl (C=O) groups is 3. The number of rotatable bonds is 13. The van der Waals surface area contributed by atoms with Gasteiger partial charge in [0.1, 0.15) is 6.04 Å². The highest BCUT2D eigenvalue weighted by Gasteiger charge is 2.22. The number of aliphatic imine (C=N–C) groups is 1. The van der Waals surface area contributed by atoms with E-state index in [9.17, 15) is 24.3 Å². The van der Waals surface area contributed by atoms with Crippen molar-refractivity contribution in [3.05, 3.63) is 40.2 Å². The molecule has 2 aromatic rings. The number of fused-ring (bicyclic) bond motifs is 1. The van der Waals surface area contributed by atoms with Crippen LogP contribution in [0.2, 0.25) is 0 Å². The molecular formula is C23H33N8O10P. The van der Waals surface area contributed by atoms with Gasteiger partial charge in [0.2, 0.25) is 5.95 Å². The number of aromatic nitrogens is 2. The first kappa shape index (κ1) is 33.9. The van der Waals surface area contributed by atoms with E-state index in [1.54, 1.807) is 12.1 Å². The number of carbonyl (C=O) groups excluding carboxylic acids is 2. The van der Waals surface area contributed by atoms with Crippen LogP contribution in [0, 0.1) is 0 Å². The zero-order valence-electron chi connectivity index (χ0n) is 22.3. The molecule has 42 heavy (non-hydrogen) atoms. The number of aromatic amines is 1. The van der Waals surface area contributed by atoms with Crippen molar-refractivity contribution >= 4 is 54.5 Å². The van der Waals surface area contributed by atoms with E-state index in [-0.39, 0.29) is 36.6 Å². The lowest BCUT2D eigenvalue weighted by Crippen LogP contribution is -2.41. The maximum absolute atomic E-state index is 12.5. The summed E-state index contributed by atoms with van der Waals surface area (Å²) in [6.07, 6.45) is 1.13. The number of carboxylic acid groups (broad SMARTS) is 1. The summed E-state index contributed by atoms with van der Waals surface area (Å²) in [7, 11) is -4.64. The Bertz CT molecular complexity index is 1370. The number of unbranched alkanes of at least 4 members (excludes halogenated alkanes) is 1. The summed E-state index contributed by atoms with van der Waals surface area (Å²) in [5.74, 6) is -2.04. The van der Waals surface area contributed by atoms with Gasteiger partial charge in [0.05, 0.1) is 25.4 Å². The van der Waals surface area contributed by atoms with Gasteiger partial charge >= 0.3 is 19.8 Å². The number of nitrogens with zero attached hydrogens (tertiary/aromatic N) is 2. The lowest BCUT2D eigenvalue weighted by Gasteiger charge is -2.17. The van der Waals surface area contributed by atoms with Crippen molar-refractivity contribution in [2.24, 2.45) is 10.7 Å². The summed E-state index contributed by atoms with van der Waals surface area (Å²) in [6, 6.07) is 5.15. The lowest BCUT2D eigenvalue weighted by atomic mass is 10.1. The molecule has 3 rings (SSSR count). The number of nitrogens with two attached hydrogens (primary N) is 2. The molecule has 0 fully saturated rings. The van der Waals surface area contributed by atoms with Crippen LogP contribution in [0.25, 0.3) is 0 Å². The van der Waals surface area contributed by atoms with Crippen molar-refractivity contribution < 1.29 is 43.5 Å². The zero-order chi connectivity index (χ0) is 31.3. The van der Waals surface area contributed by atoms with Crippen LogP contribution in [0.3, 0.4) is 0 Å². The summed E-state index contributed by atoms with van der Waals surface area (Å²) in [4.78, 5) is 80.2. The molecular weight excluding hydrogens is 579 g/mol. The number of H-pyrrole nitrogens is 1. The fourth-order valence-electron chi connectivity index (χ4n) is 3.41. The number of esters is 1. The van der Waals surface area contributed by atoms with Crippen LogP contribution in [-0.4, -0.2) is 85.6 Å². The van der Waals surface area contributed by atoms with Crippen molar-refractivity contribution in [3.63, 3.8) is 0 Å². The fourth-order valence-corrected chi connectivity index (χ4v) is 3.41. The molecule has 1 aliphatic rings. The number of hydrogen-bond donors (Lipinski definition) is 10. The van der Waals surface area contributed by atoms with Crippen molar-refractivity contribution in [1.29, 1.82) is 0 Å². The summed E-state index contributed by atoms with van der Waals surface area (Å²) in [5.41, 5.74) is 12.2. The highest BCUT2D eigenvalue weighted by molar-refractivity contribution is 7.45. The van der Waals surface area contributed by atoms with E-state index in [4.69, 9.17) is 35.4 Å². The van der Waals surface area contributed by atoms with Crippen LogP contribution in [-0.2, 0) is 18.9 Å². The van der Waals surface area contributed by atoms with Crippen LogP contribution >= 0.6 is 7.82 Å². The van der Waals surface area contributed by atoms with Gasteiger partial charge in [0.15, 0.2) is 11.5 Å². The van der Waals surface area contributed by atoms with Gasteiger partial charge in [-0.25, -0.2) is 14.4 Å². The van der Waals surface area contributed by atoms with Crippen LogP contribution in [0.5, 0.6) is 0 Å². The van der Waals surface area contributed by atoms with Gasteiger partial charge in [0.25, 0.3) is 11.5 Å². The Kier molecular flexibility index (Phi) is 13.0. The largest absolute Gasteiger partial charge is 0.480 e. The lowest BCUT2D eigenvalue weighted by molar-refractivity contribution is -0.144. The van der Waals surface area contributed by atoms with E-state index < -0.39 is 37.3 Å². The van der Waals surface area contributed by atoms with Crippen molar-refractivity contribution in [1.82, 2.24) is 15.3 Å². The van der Waals surface area contributed by atoms with Crippen LogP contribution in [0.1, 0.15) is 36.0 Å². The minimum Gasteiger partial charge on any atom is -0.480 e.